The zero-order valence-corrected chi connectivity index (χ0v) is 18.1. The lowest BCUT2D eigenvalue weighted by atomic mass is 9.86. The fourth-order valence-electron chi connectivity index (χ4n) is 2.61. The standard InChI is InChI=1S/C13H11BrN2.C9H6BrN/c1-13(2,8-15)10-6-9-4-3-5-16-12(9)11(14)7-10;10-9-6-5-7-3-1-2-4-8(7)11-9/h3-7H,1-2H3;1-6H. The molecule has 0 saturated heterocycles. The van der Waals surface area contributed by atoms with Gasteiger partial charge in [-0.3, -0.25) is 4.98 Å². The number of hydrogen-bond acceptors (Lipinski definition) is 3. The average Bonchev–Trinajstić information content (AvgIpc) is 2.68. The number of nitrogens with zero attached hydrogens (tertiary/aromatic N) is 3. The van der Waals surface area contributed by atoms with Gasteiger partial charge in [-0.15, -0.1) is 0 Å². The molecule has 0 unspecified atom stereocenters. The summed E-state index contributed by atoms with van der Waals surface area (Å²) in [6.07, 6.45) is 1.77. The summed E-state index contributed by atoms with van der Waals surface area (Å²) >= 11 is 6.82. The van der Waals surface area contributed by atoms with Crippen molar-refractivity contribution in [2.75, 3.05) is 0 Å². The van der Waals surface area contributed by atoms with Crippen LogP contribution < -0.4 is 0 Å². The summed E-state index contributed by atoms with van der Waals surface area (Å²) in [5, 5.41) is 11.4. The van der Waals surface area contributed by atoms with Gasteiger partial charge < -0.3 is 0 Å². The molecule has 27 heavy (non-hydrogen) atoms. The van der Waals surface area contributed by atoms with Gasteiger partial charge in [0.25, 0.3) is 0 Å². The summed E-state index contributed by atoms with van der Waals surface area (Å²) in [5.74, 6) is 0. The Morgan fingerprint density at radius 1 is 0.926 bits per heavy atom. The number of rotatable bonds is 1. The van der Waals surface area contributed by atoms with Crippen LogP contribution in [-0.4, -0.2) is 9.97 Å². The van der Waals surface area contributed by atoms with Crippen molar-refractivity contribution in [3.05, 3.63) is 81.5 Å². The molecule has 0 spiro atoms. The summed E-state index contributed by atoms with van der Waals surface area (Å²) in [4.78, 5) is 8.59. The highest BCUT2D eigenvalue weighted by molar-refractivity contribution is 9.10. The van der Waals surface area contributed by atoms with E-state index < -0.39 is 5.41 Å². The topological polar surface area (TPSA) is 49.6 Å². The van der Waals surface area contributed by atoms with Crippen LogP contribution in [0.25, 0.3) is 21.8 Å². The smallest absolute Gasteiger partial charge is 0.106 e. The van der Waals surface area contributed by atoms with Crippen molar-refractivity contribution in [1.29, 1.82) is 5.26 Å². The SMILES string of the molecule is Brc1ccc2ccccc2n1.CC(C)(C#N)c1cc(Br)c2ncccc2c1. The molecular formula is C22H17Br2N3. The number of pyridine rings is 2. The predicted molar refractivity (Wildman–Crippen MR) is 118 cm³/mol. The zero-order valence-electron chi connectivity index (χ0n) is 14.9. The molecule has 0 bridgehead atoms. The highest BCUT2D eigenvalue weighted by Gasteiger charge is 2.21. The van der Waals surface area contributed by atoms with Gasteiger partial charge in [-0.05, 0) is 81.6 Å². The molecule has 0 amide bonds. The zero-order chi connectivity index (χ0) is 19.4. The third kappa shape index (κ3) is 4.52. The second-order valence-electron chi connectivity index (χ2n) is 6.60. The fourth-order valence-corrected chi connectivity index (χ4v) is 3.52. The summed E-state index contributed by atoms with van der Waals surface area (Å²) < 4.78 is 1.82. The lowest BCUT2D eigenvalue weighted by Gasteiger charge is -2.16. The van der Waals surface area contributed by atoms with Gasteiger partial charge in [0.05, 0.1) is 22.5 Å². The van der Waals surface area contributed by atoms with E-state index in [9.17, 15) is 0 Å². The molecule has 0 aliphatic heterocycles. The van der Waals surface area contributed by atoms with E-state index >= 15 is 0 Å². The summed E-state index contributed by atoms with van der Waals surface area (Å²) in [7, 11) is 0. The maximum atomic E-state index is 9.13. The molecule has 4 aromatic rings. The largest absolute Gasteiger partial charge is 0.255 e. The molecule has 2 heterocycles. The molecule has 0 aliphatic carbocycles. The molecule has 0 N–H and O–H groups in total. The van der Waals surface area contributed by atoms with Gasteiger partial charge in [0.15, 0.2) is 0 Å². The number of hydrogen-bond donors (Lipinski definition) is 0. The summed E-state index contributed by atoms with van der Waals surface area (Å²) in [6, 6.07) is 22.3. The molecule has 134 valence electrons. The summed E-state index contributed by atoms with van der Waals surface area (Å²) in [6.45, 7) is 3.83. The van der Waals surface area contributed by atoms with E-state index in [0.717, 1.165) is 31.1 Å². The molecule has 5 heteroatoms. The van der Waals surface area contributed by atoms with Crippen LogP contribution in [0.3, 0.4) is 0 Å². The first kappa shape index (κ1) is 19.5. The highest BCUT2D eigenvalue weighted by atomic mass is 79.9. The highest BCUT2D eigenvalue weighted by Crippen LogP contribution is 2.30. The lowest BCUT2D eigenvalue weighted by molar-refractivity contribution is 0.687. The Morgan fingerprint density at radius 3 is 2.44 bits per heavy atom. The maximum Gasteiger partial charge on any atom is 0.106 e. The normalized spacial score (nSPS) is 10.9. The fraction of sp³-hybridized carbons (Fsp3) is 0.136. The van der Waals surface area contributed by atoms with Crippen LogP contribution in [0.5, 0.6) is 0 Å². The molecule has 2 aromatic carbocycles. The number of aromatic nitrogens is 2. The maximum absolute atomic E-state index is 9.13. The van der Waals surface area contributed by atoms with E-state index in [4.69, 9.17) is 5.26 Å². The van der Waals surface area contributed by atoms with Crippen LogP contribution in [0.4, 0.5) is 0 Å². The van der Waals surface area contributed by atoms with Crippen molar-refractivity contribution in [1.82, 2.24) is 9.97 Å². The van der Waals surface area contributed by atoms with Crippen LogP contribution >= 0.6 is 31.9 Å². The van der Waals surface area contributed by atoms with Gasteiger partial charge in [-0.1, -0.05) is 30.3 Å². The van der Waals surface area contributed by atoms with Crippen LogP contribution in [0.2, 0.25) is 0 Å². The van der Waals surface area contributed by atoms with Crippen molar-refractivity contribution >= 4 is 53.7 Å². The minimum Gasteiger partial charge on any atom is -0.255 e. The Labute approximate surface area is 175 Å². The van der Waals surface area contributed by atoms with Crippen LogP contribution in [-0.2, 0) is 5.41 Å². The minimum absolute atomic E-state index is 0.480. The third-order valence-electron chi connectivity index (χ3n) is 4.22. The second kappa shape index (κ2) is 8.16. The molecule has 2 aromatic heterocycles. The quantitative estimate of drug-likeness (QED) is 0.280. The molecule has 0 atom stereocenters. The Bertz CT molecular complexity index is 1150. The van der Waals surface area contributed by atoms with Gasteiger partial charge in [0.2, 0.25) is 0 Å². The van der Waals surface area contributed by atoms with Crippen molar-refractivity contribution in [2.45, 2.75) is 19.3 Å². The molecule has 3 nitrogen and oxygen atoms in total. The first-order chi connectivity index (χ1) is 12.9. The monoisotopic (exact) mass is 481 g/mol. The van der Waals surface area contributed by atoms with Crippen LogP contribution in [0.1, 0.15) is 19.4 Å². The Balaban J connectivity index is 0.000000166. The van der Waals surface area contributed by atoms with E-state index in [1.165, 1.54) is 5.39 Å². The minimum atomic E-state index is -0.480. The number of benzene rings is 2. The predicted octanol–water partition coefficient (Wildman–Crippen LogP) is 6.80. The molecule has 0 fully saturated rings. The lowest BCUT2D eigenvalue weighted by Crippen LogP contribution is -2.13. The Hall–Kier alpha value is -2.29. The second-order valence-corrected chi connectivity index (χ2v) is 8.26. The van der Waals surface area contributed by atoms with Gasteiger partial charge in [0.1, 0.15) is 4.60 Å². The van der Waals surface area contributed by atoms with Crippen molar-refractivity contribution in [3.63, 3.8) is 0 Å². The van der Waals surface area contributed by atoms with E-state index in [1.54, 1.807) is 6.20 Å². The van der Waals surface area contributed by atoms with Gasteiger partial charge in [-0.2, -0.15) is 5.26 Å². The Morgan fingerprint density at radius 2 is 1.67 bits per heavy atom. The van der Waals surface area contributed by atoms with E-state index in [2.05, 4.69) is 54.0 Å². The van der Waals surface area contributed by atoms with Crippen LogP contribution in [0.15, 0.2) is 75.9 Å². The van der Waals surface area contributed by atoms with E-state index in [1.807, 2.05) is 68.4 Å². The van der Waals surface area contributed by atoms with Crippen LogP contribution in [0, 0.1) is 11.3 Å². The van der Waals surface area contributed by atoms with E-state index in [-0.39, 0.29) is 0 Å². The first-order valence-corrected chi connectivity index (χ1v) is 9.96. The number of nitriles is 1. The van der Waals surface area contributed by atoms with Gasteiger partial charge in [0, 0.05) is 21.4 Å². The molecule has 0 saturated carbocycles. The number of fused-ring (bicyclic) bond motifs is 2. The average molecular weight is 483 g/mol. The van der Waals surface area contributed by atoms with Crippen molar-refractivity contribution in [2.24, 2.45) is 0 Å². The molecular weight excluding hydrogens is 466 g/mol. The van der Waals surface area contributed by atoms with Crippen molar-refractivity contribution in [3.8, 4) is 6.07 Å². The van der Waals surface area contributed by atoms with Gasteiger partial charge >= 0.3 is 0 Å². The molecule has 4 rings (SSSR count). The molecule has 0 radical (unpaired) electrons. The Kier molecular flexibility index (Phi) is 5.88. The summed E-state index contributed by atoms with van der Waals surface area (Å²) in [5.41, 5.74) is 2.48. The van der Waals surface area contributed by atoms with E-state index in [0.29, 0.717) is 0 Å². The number of halogens is 2. The molecule has 0 aliphatic rings. The first-order valence-electron chi connectivity index (χ1n) is 8.38. The van der Waals surface area contributed by atoms with Crippen molar-refractivity contribution < 1.29 is 0 Å². The van der Waals surface area contributed by atoms with Gasteiger partial charge in [-0.25, -0.2) is 4.98 Å². The number of para-hydroxylation sites is 1. The third-order valence-corrected chi connectivity index (χ3v) is 5.27.